The Morgan fingerprint density at radius 3 is 2.50 bits per heavy atom. The minimum atomic E-state index is -0.222. The van der Waals surface area contributed by atoms with E-state index in [4.69, 9.17) is 21.7 Å². The number of ether oxygens (including phenoxy) is 2. The number of methoxy groups -OCH3 is 1. The highest BCUT2D eigenvalue weighted by Crippen LogP contribution is 2.29. The topological polar surface area (TPSA) is 54.0 Å². The molecule has 0 radical (unpaired) electrons. The smallest absolute Gasteiger partial charge is 0.262 e. The molecule has 0 aliphatic carbocycles. The summed E-state index contributed by atoms with van der Waals surface area (Å²) in [5.74, 6) is 0.852. The predicted octanol–water partition coefficient (Wildman–Crippen LogP) is 3.33. The van der Waals surface area contributed by atoms with E-state index < -0.39 is 0 Å². The van der Waals surface area contributed by atoms with Gasteiger partial charge in [0, 0.05) is 37.4 Å². The second kappa shape index (κ2) is 10.4. The summed E-state index contributed by atoms with van der Waals surface area (Å²) in [6, 6.07) is 13.2. The average molecular weight is 428 g/mol. The minimum absolute atomic E-state index is 0.104. The molecule has 160 valence electrons. The zero-order chi connectivity index (χ0) is 21.5. The number of amides is 1. The number of nitrogens with one attached hydrogen (secondary N) is 1. The number of para-hydroxylation sites is 1. The molecule has 0 bridgehead atoms. The number of carbonyl (C=O) groups excluding carboxylic acids is 1. The van der Waals surface area contributed by atoms with E-state index in [1.54, 1.807) is 7.11 Å². The Balaban J connectivity index is 1.61. The molecule has 2 aromatic carbocycles. The van der Waals surface area contributed by atoms with Crippen LogP contribution in [0.15, 0.2) is 42.5 Å². The third-order valence-corrected chi connectivity index (χ3v) is 5.79. The third kappa shape index (κ3) is 5.49. The van der Waals surface area contributed by atoms with E-state index in [1.165, 1.54) is 0 Å². The monoisotopic (exact) mass is 427 g/mol. The van der Waals surface area contributed by atoms with Crippen molar-refractivity contribution in [2.75, 3.05) is 51.8 Å². The van der Waals surface area contributed by atoms with Gasteiger partial charge in [0.25, 0.3) is 5.91 Å². The maximum atomic E-state index is 12.3. The summed E-state index contributed by atoms with van der Waals surface area (Å²) in [5.41, 5.74) is 2.70. The first-order chi connectivity index (χ1) is 14.5. The van der Waals surface area contributed by atoms with Crippen LogP contribution in [0.4, 0.5) is 5.69 Å². The molecule has 1 aliphatic heterocycles. The lowest BCUT2D eigenvalue weighted by Crippen LogP contribution is -2.48. The maximum absolute atomic E-state index is 12.3. The lowest BCUT2D eigenvalue weighted by molar-refractivity contribution is -0.118. The first kappa shape index (κ1) is 22.1. The highest BCUT2D eigenvalue weighted by Gasteiger charge is 2.20. The Bertz CT molecular complexity index is 895. The standard InChI is InChI=1S/C23H29N3O3S/c1-4-25-11-13-26(14-12-25)23(30)18-9-10-20(21(15-18)28-3)29-16-22(27)24-19-8-6-5-7-17(19)2/h5-10,15H,4,11-14,16H2,1-3H3,(H,24,27). The van der Waals surface area contributed by atoms with Gasteiger partial charge in [0.15, 0.2) is 18.1 Å². The highest BCUT2D eigenvalue weighted by molar-refractivity contribution is 7.80. The second-order valence-electron chi connectivity index (χ2n) is 7.24. The molecule has 0 spiro atoms. The van der Waals surface area contributed by atoms with Crippen molar-refractivity contribution in [1.29, 1.82) is 0 Å². The van der Waals surface area contributed by atoms with Gasteiger partial charge < -0.3 is 24.6 Å². The Kier molecular flexibility index (Phi) is 7.65. The van der Waals surface area contributed by atoms with Crippen molar-refractivity contribution in [1.82, 2.24) is 9.80 Å². The van der Waals surface area contributed by atoms with E-state index in [0.29, 0.717) is 11.5 Å². The molecular weight excluding hydrogens is 398 g/mol. The van der Waals surface area contributed by atoms with E-state index in [1.807, 2.05) is 49.4 Å². The van der Waals surface area contributed by atoms with Gasteiger partial charge in [0.2, 0.25) is 0 Å². The van der Waals surface area contributed by atoms with Gasteiger partial charge in [0.1, 0.15) is 4.99 Å². The molecule has 1 saturated heterocycles. The summed E-state index contributed by atoms with van der Waals surface area (Å²) in [6.07, 6.45) is 0. The van der Waals surface area contributed by atoms with Crippen LogP contribution in [-0.4, -0.2) is 67.1 Å². The number of hydrogen-bond acceptors (Lipinski definition) is 5. The number of nitrogens with zero attached hydrogens (tertiary/aromatic N) is 2. The van der Waals surface area contributed by atoms with Crippen molar-refractivity contribution in [3.8, 4) is 11.5 Å². The second-order valence-corrected chi connectivity index (χ2v) is 7.63. The summed E-state index contributed by atoms with van der Waals surface area (Å²) < 4.78 is 11.2. The Morgan fingerprint density at radius 2 is 1.83 bits per heavy atom. The highest BCUT2D eigenvalue weighted by atomic mass is 32.1. The first-order valence-electron chi connectivity index (χ1n) is 10.2. The number of rotatable bonds is 7. The van der Waals surface area contributed by atoms with E-state index in [-0.39, 0.29) is 12.5 Å². The molecule has 1 aliphatic rings. The molecule has 1 amide bonds. The Hall–Kier alpha value is -2.64. The van der Waals surface area contributed by atoms with Gasteiger partial charge in [-0.05, 0) is 43.3 Å². The summed E-state index contributed by atoms with van der Waals surface area (Å²) >= 11 is 5.70. The number of thiocarbonyl (C=S) groups is 1. The molecule has 6 nitrogen and oxygen atoms in total. The summed E-state index contributed by atoms with van der Waals surface area (Å²) in [4.78, 5) is 17.7. The van der Waals surface area contributed by atoms with Crippen molar-refractivity contribution < 1.29 is 14.3 Å². The van der Waals surface area contributed by atoms with Gasteiger partial charge >= 0.3 is 0 Å². The Labute approximate surface area is 183 Å². The first-order valence-corrected chi connectivity index (χ1v) is 10.6. The van der Waals surface area contributed by atoms with Gasteiger partial charge in [-0.1, -0.05) is 37.3 Å². The van der Waals surface area contributed by atoms with Crippen LogP contribution >= 0.6 is 12.2 Å². The maximum Gasteiger partial charge on any atom is 0.262 e. The molecule has 1 fully saturated rings. The van der Waals surface area contributed by atoms with Crippen molar-refractivity contribution in [3.05, 3.63) is 53.6 Å². The molecular formula is C23H29N3O3S. The van der Waals surface area contributed by atoms with Gasteiger partial charge in [0.05, 0.1) is 7.11 Å². The number of piperazine rings is 1. The van der Waals surface area contributed by atoms with Crippen LogP contribution in [0.3, 0.4) is 0 Å². The van der Waals surface area contributed by atoms with Crippen LogP contribution in [0.5, 0.6) is 11.5 Å². The van der Waals surface area contributed by atoms with Gasteiger partial charge in [-0.15, -0.1) is 0 Å². The molecule has 1 heterocycles. The molecule has 0 aromatic heterocycles. The third-order valence-electron chi connectivity index (χ3n) is 5.30. The zero-order valence-corrected chi connectivity index (χ0v) is 18.6. The molecule has 30 heavy (non-hydrogen) atoms. The molecule has 7 heteroatoms. The molecule has 1 N–H and O–H groups in total. The van der Waals surface area contributed by atoms with E-state index in [0.717, 1.165) is 54.5 Å². The molecule has 0 saturated carbocycles. The number of benzene rings is 2. The number of hydrogen-bond donors (Lipinski definition) is 1. The lowest BCUT2D eigenvalue weighted by atomic mass is 10.1. The fraction of sp³-hybridized carbons (Fsp3) is 0.391. The largest absolute Gasteiger partial charge is 0.493 e. The SMILES string of the molecule is CCN1CCN(C(=S)c2ccc(OCC(=O)Nc3ccccc3C)c(OC)c2)CC1. The van der Waals surface area contributed by atoms with Gasteiger partial charge in [-0.3, -0.25) is 4.79 Å². The van der Waals surface area contributed by atoms with Crippen LogP contribution in [0, 0.1) is 6.92 Å². The van der Waals surface area contributed by atoms with Crippen LogP contribution in [-0.2, 0) is 4.79 Å². The van der Waals surface area contributed by atoms with Crippen LogP contribution in [0.25, 0.3) is 0 Å². The quantitative estimate of drug-likeness (QED) is 0.684. The van der Waals surface area contributed by atoms with E-state index >= 15 is 0 Å². The number of anilines is 1. The number of likely N-dealkylation sites (N-methyl/N-ethyl adjacent to an activating group) is 1. The fourth-order valence-corrected chi connectivity index (χ4v) is 3.72. The summed E-state index contributed by atoms with van der Waals surface area (Å²) in [7, 11) is 1.59. The summed E-state index contributed by atoms with van der Waals surface area (Å²) in [5, 5.41) is 2.86. The van der Waals surface area contributed by atoms with Gasteiger partial charge in [-0.2, -0.15) is 0 Å². The lowest BCUT2D eigenvalue weighted by Gasteiger charge is -2.35. The van der Waals surface area contributed by atoms with E-state index in [2.05, 4.69) is 22.0 Å². The van der Waals surface area contributed by atoms with Crippen LogP contribution < -0.4 is 14.8 Å². The predicted molar refractivity (Wildman–Crippen MR) is 124 cm³/mol. The number of carbonyl (C=O) groups is 1. The van der Waals surface area contributed by atoms with Crippen molar-refractivity contribution >= 4 is 28.8 Å². The summed E-state index contributed by atoms with van der Waals surface area (Å²) in [6.45, 7) is 8.97. The van der Waals surface area contributed by atoms with Crippen molar-refractivity contribution in [2.24, 2.45) is 0 Å². The number of aryl methyl sites for hydroxylation is 1. The van der Waals surface area contributed by atoms with Crippen LogP contribution in [0.2, 0.25) is 0 Å². The van der Waals surface area contributed by atoms with Crippen molar-refractivity contribution in [3.63, 3.8) is 0 Å². The molecule has 2 aromatic rings. The van der Waals surface area contributed by atoms with Crippen molar-refractivity contribution in [2.45, 2.75) is 13.8 Å². The van der Waals surface area contributed by atoms with E-state index in [9.17, 15) is 4.79 Å². The molecule has 3 rings (SSSR count). The minimum Gasteiger partial charge on any atom is -0.493 e. The molecule has 0 atom stereocenters. The van der Waals surface area contributed by atoms with Crippen LogP contribution in [0.1, 0.15) is 18.1 Å². The fourth-order valence-electron chi connectivity index (χ4n) is 3.41. The Morgan fingerprint density at radius 1 is 1.10 bits per heavy atom. The normalized spacial score (nSPS) is 14.3. The van der Waals surface area contributed by atoms with Gasteiger partial charge in [-0.25, -0.2) is 0 Å². The zero-order valence-electron chi connectivity index (χ0n) is 17.8. The molecule has 0 unspecified atom stereocenters. The average Bonchev–Trinajstić information content (AvgIpc) is 2.78.